The van der Waals surface area contributed by atoms with E-state index >= 15 is 0 Å². The summed E-state index contributed by atoms with van der Waals surface area (Å²) in [5.41, 5.74) is 1.67. The van der Waals surface area contributed by atoms with E-state index in [1.807, 2.05) is 31.2 Å². The maximum Gasteiger partial charge on any atom is 0.278 e. The molecule has 5 nitrogen and oxygen atoms in total. The molecule has 1 saturated heterocycles. The molecule has 0 spiro atoms. The molecule has 0 saturated carbocycles. The van der Waals surface area contributed by atoms with E-state index in [4.69, 9.17) is 9.47 Å². The maximum atomic E-state index is 5.87. The number of piperidine rings is 1. The Balaban J connectivity index is 1.60. The molecule has 1 aliphatic rings. The molecule has 0 bridgehead atoms. The minimum absolute atomic E-state index is 0.491. The van der Waals surface area contributed by atoms with Gasteiger partial charge >= 0.3 is 0 Å². The van der Waals surface area contributed by atoms with Gasteiger partial charge in [-0.1, -0.05) is 12.1 Å². The van der Waals surface area contributed by atoms with E-state index in [1.165, 1.54) is 19.3 Å². The first kappa shape index (κ1) is 16.0. The van der Waals surface area contributed by atoms with E-state index in [0.717, 1.165) is 36.5 Å². The van der Waals surface area contributed by atoms with Crippen LogP contribution in [0.3, 0.4) is 0 Å². The highest BCUT2D eigenvalue weighted by Gasteiger charge is 2.14. The Labute approximate surface area is 137 Å². The van der Waals surface area contributed by atoms with Crippen molar-refractivity contribution in [1.29, 1.82) is 0 Å². The van der Waals surface area contributed by atoms with Crippen molar-refractivity contribution in [3.05, 3.63) is 24.3 Å². The number of benzene rings is 1. The summed E-state index contributed by atoms with van der Waals surface area (Å²) in [6.07, 6.45) is 4.84. The first-order chi connectivity index (χ1) is 11.4. The molecule has 0 amide bonds. The fourth-order valence-corrected chi connectivity index (χ4v) is 3.00. The number of rotatable bonds is 7. The van der Waals surface area contributed by atoms with Gasteiger partial charge in [0.05, 0.1) is 24.2 Å². The number of nitrogens with zero attached hydrogens (tertiary/aromatic N) is 2. The van der Waals surface area contributed by atoms with Crippen LogP contribution in [0.15, 0.2) is 24.3 Å². The van der Waals surface area contributed by atoms with Gasteiger partial charge in [-0.25, -0.2) is 9.97 Å². The highest BCUT2D eigenvalue weighted by molar-refractivity contribution is 5.75. The third-order valence-electron chi connectivity index (χ3n) is 4.18. The Hall–Kier alpha value is -1.88. The smallest absolute Gasteiger partial charge is 0.278 e. The Morgan fingerprint density at radius 1 is 1.13 bits per heavy atom. The van der Waals surface area contributed by atoms with Crippen LogP contribution in [0.2, 0.25) is 0 Å². The van der Waals surface area contributed by atoms with E-state index in [2.05, 4.69) is 15.3 Å². The first-order valence-electron chi connectivity index (χ1n) is 8.60. The molecule has 1 fully saturated rings. The molecule has 2 heterocycles. The van der Waals surface area contributed by atoms with E-state index in [0.29, 0.717) is 25.0 Å². The molecule has 1 N–H and O–H groups in total. The summed E-state index contributed by atoms with van der Waals surface area (Å²) in [5, 5.41) is 3.46. The van der Waals surface area contributed by atoms with Crippen molar-refractivity contribution in [1.82, 2.24) is 15.3 Å². The van der Waals surface area contributed by atoms with Crippen molar-refractivity contribution in [3.63, 3.8) is 0 Å². The van der Waals surface area contributed by atoms with Crippen molar-refractivity contribution < 1.29 is 9.47 Å². The van der Waals surface area contributed by atoms with Gasteiger partial charge in [0.25, 0.3) is 11.8 Å². The van der Waals surface area contributed by atoms with Crippen molar-refractivity contribution in [2.75, 3.05) is 26.3 Å². The molecule has 0 radical (unpaired) electrons. The number of ether oxygens (including phenoxy) is 2. The van der Waals surface area contributed by atoms with Crippen LogP contribution in [0.25, 0.3) is 11.0 Å². The van der Waals surface area contributed by atoms with Crippen molar-refractivity contribution in [3.8, 4) is 11.8 Å². The fraction of sp³-hybridized carbons (Fsp3) is 0.556. The van der Waals surface area contributed by atoms with Crippen LogP contribution in [-0.2, 0) is 0 Å². The number of nitrogens with one attached hydrogen (secondary N) is 1. The van der Waals surface area contributed by atoms with Gasteiger partial charge in [0.15, 0.2) is 0 Å². The number of hydrogen-bond donors (Lipinski definition) is 1. The molecule has 1 atom stereocenters. The lowest BCUT2D eigenvalue weighted by molar-refractivity contribution is 0.243. The average molecular weight is 315 g/mol. The van der Waals surface area contributed by atoms with Gasteiger partial charge in [0.1, 0.15) is 0 Å². The molecule has 1 aromatic heterocycles. The summed E-state index contributed by atoms with van der Waals surface area (Å²) in [4.78, 5) is 9.07. The fourth-order valence-electron chi connectivity index (χ4n) is 3.00. The highest BCUT2D eigenvalue weighted by Crippen LogP contribution is 2.26. The topological polar surface area (TPSA) is 56.3 Å². The van der Waals surface area contributed by atoms with Crippen LogP contribution in [0.1, 0.15) is 32.6 Å². The Kier molecular flexibility index (Phi) is 5.64. The van der Waals surface area contributed by atoms with E-state index in [1.54, 1.807) is 0 Å². The maximum absolute atomic E-state index is 5.87. The molecular formula is C18H25N3O2. The lowest BCUT2D eigenvalue weighted by Gasteiger charge is -2.22. The second-order valence-corrected chi connectivity index (χ2v) is 5.96. The minimum Gasteiger partial charge on any atom is -0.474 e. The molecular weight excluding hydrogens is 290 g/mol. The Bertz CT molecular complexity index is 627. The predicted octanol–water partition coefficient (Wildman–Crippen LogP) is 3.19. The minimum atomic E-state index is 0.491. The quantitative estimate of drug-likeness (QED) is 0.795. The van der Waals surface area contributed by atoms with Gasteiger partial charge in [0.2, 0.25) is 0 Å². The van der Waals surface area contributed by atoms with Crippen molar-refractivity contribution in [2.24, 2.45) is 5.92 Å². The predicted molar refractivity (Wildman–Crippen MR) is 91.0 cm³/mol. The van der Waals surface area contributed by atoms with Gasteiger partial charge in [-0.05, 0) is 63.7 Å². The van der Waals surface area contributed by atoms with E-state index in [-0.39, 0.29) is 0 Å². The molecule has 0 unspecified atom stereocenters. The summed E-state index contributed by atoms with van der Waals surface area (Å²) in [6, 6.07) is 7.78. The SMILES string of the molecule is CCOc1nc2ccccc2nc1OCCC[C@@H]1CCCNC1. The molecule has 124 valence electrons. The molecule has 23 heavy (non-hydrogen) atoms. The summed E-state index contributed by atoms with van der Waals surface area (Å²) in [7, 11) is 0. The van der Waals surface area contributed by atoms with Crippen LogP contribution in [0, 0.1) is 5.92 Å². The van der Waals surface area contributed by atoms with Crippen molar-refractivity contribution >= 4 is 11.0 Å². The number of hydrogen-bond acceptors (Lipinski definition) is 5. The summed E-state index contributed by atoms with van der Waals surface area (Å²) in [6.45, 7) is 5.45. The zero-order valence-electron chi connectivity index (χ0n) is 13.8. The largest absolute Gasteiger partial charge is 0.474 e. The Morgan fingerprint density at radius 2 is 1.87 bits per heavy atom. The molecule has 5 heteroatoms. The van der Waals surface area contributed by atoms with Crippen LogP contribution in [0.5, 0.6) is 11.8 Å². The van der Waals surface area contributed by atoms with E-state index < -0.39 is 0 Å². The number of fused-ring (bicyclic) bond motifs is 1. The molecule has 3 rings (SSSR count). The Morgan fingerprint density at radius 3 is 2.52 bits per heavy atom. The first-order valence-corrected chi connectivity index (χ1v) is 8.60. The van der Waals surface area contributed by atoms with Crippen LogP contribution < -0.4 is 14.8 Å². The summed E-state index contributed by atoms with van der Waals surface area (Å²) < 4.78 is 11.5. The van der Waals surface area contributed by atoms with Gasteiger partial charge in [-0.2, -0.15) is 0 Å². The lowest BCUT2D eigenvalue weighted by atomic mass is 9.95. The van der Waals surface area contributed by atoms with Crippen LogP contribution >= 0.6 is 0 Å². The third kappa shape index (κ3) is 4.32. The number of para-hydroxylation sites is 2. The highest BCUT2D eigenvalue weighted by atomic mass is 16.5. The second-order valence-electron chi connectivity index (χ2n) is 5.96. The zero-order chi connectivity index (χ0) is 15.9. The zero-order valence-corrected chi connectivity index (χ0v) is 13.8. The van der Waals surface area contributed by atoms with Gasteiger partial charge in [-0.15, -0.1) is 0 Å². The average Bonchev–Trinajstić information content (AvgIpc) is 2.60. The number of aromatic nitrogens is 2. The van der Waals surface area contributed by atoms with Crippen LogP contribution in [-0.4, -0.2) is 36.3 Å². The second kappa shape index (κ2) is 8.11. The molecule has 2 aromatic rings. The monoisotopic (exact) mass is 315 g/mol. The van der Waals surface area contributed by atoms with E-state index in [9.17, 15) is 0 Å². The van der Waals surface area contributed by atoms with Crippen LogP contribution in [0.4, 0.5) is 0 Å². The van der Waals surface area contributed by atoms with Gasteiger partial charge in [-0.3, -0.25) is 0 Å². The normalized spacial score (nSPS) is 18.0. The molecule has 0 aliphatic carbocycles. The van der Waals surface area contributed by atoms with Gasteiger partial charge < -0.3 is 14.8 Å². The van der Waals surface area contributed by atoms with Gasteiger partial charge in [0, 0.05) is 0 Å². The standard InChI is InChI=1S/C18H25N3O2/c1-2-22-17-18(21-16-10-4-3-9-15(16)20-17)23-12-6-8-14-7-5-11-19-13-14/h3-4,9-10,14,19H,2,5-8,11-13H2,1H3/t14-/m0/s1. The molecule has 1 aliphatic heterocycles. The summed E-state index contributed by atoms with van der Waals surface area (Å²) in [5.74, 6) is 1.78. The molecule has 1 aromatic carbocycles. The lowest BCUT2D eigenvalue weighted by Crippen LogP contribution is -2.29. The van der Waals surface area contributed by atoms with Crippen molar-refractivity contribution in [2.45, 2.75) is 32.6 Å². The summed E-state index contributed by atoms with van der Waals surface area (Å²) >= 11 is 0. The third-order valence-corrected chi connectivity index (χ3v) is 4.18.